The van der Waals surface area contributed by atoms with Crippen LogP contribution in [0.15, 0.2) is 60.7 Å². The van der Waals surface area contributed by atoms with Gasteiger partial charge in [-0.1, -0.05) is 72.0 Å². The Kier molecular flexibility index (Phi) is 7.40. The number of hydrogen-bond donors (Lipinski definition) is 0. The van der Waals surface area contributed by atoms with Crippen molar-refractivity contribution in [2.75, 3.05) is 13.1 Å². The summed E-state index contributed by atoms with van der Waals surface area (Å²) in [6, 6.07) is 20.5. The molecule has 1 saturated carbocycles. The zero-order chi connectivity index (χ0) is 21.2. The fourth-order valence-electron chi connectivity index (χ4n) is 4.64. The van der Waals surface area contributed by atoms with Gasteiger partial charge in [-0.25, -0.2) is 0 Å². The van der Waals surface area contributed by atoms with Gasteiger partial charge in [-0.2, -0.15) is 0 Å². The molecule has 8 heteroatoms. The Bertz CT molecular complexity index is 1080. The van der Waals surface area contributed by atoms with Gasteiger partial charge in [0.2, 0.25) is 0 Å². The number of carbonyl (C=O) groups is 2. The first-order valence-corrected chi connectivity index (χ1v) is 11.5. The zero-order valence-corrected chi connectivity index (χ0v) is 21.0. The molecule has 0 spiro atoms. The van der Waals surface area contributed by atoms with Crippen molar-refractivity contribution in [2.24, 2.45) is 0 Å². The third-order valence-electron chi connectivity index (χ3n) is 6.27. The van der Waals surface area contributed by atoms with Crippen LogP contribution >= 0.6 is 11.3 Å². The Morgan fingerprint density at radius 1 is 0.875 bits per heavy atom. The van der Waals surface area contributed by atoms with Crippen LogP contribution in [0.2, 0.25) is 0 Å². The molecular formula is C24H24N4NaO2S. The van der Waals surface area contributed by atoms with Crippen LogP contribution in [-0.2, 0) is 16.1 Å². The molecule has 2 aliphatic rings. The van der Waals surface area contributed by atoms with Gasteiger partial charge in [-0.3, -0.25) is 9.59 Å². The summed E-state index contributed by atoms with van der Waals surface area (Å²) in [7, 11) is 0. The smallest absolute Gasteiger partial charge is 0.312 e. The first kappa shape index (κ1) is 23.1. The van der Waals surface area contributed by atoms with Gasteiger partial charge < -0.3 is 9.80 Å². The second-order valence-corrected chi connectivity index (χ2v) is 9.23. The summed E-state index contributed by atoms with van der Waals surface area (Å²) in [5.74, 6) is -0.339. The van der Waals surface area contributed by atoms with Crippen LogP contribution < -0.4 is 0 Å². The van der Waals surface area contributed by atoms with Crippen molar-refractivity contribution in [1.29, 1.82) is 0 Å². The minimum absolute atomic E-state index is 0. The fourth-order valence-corrected chi connectivity index (χ4v) is 5.50. The molecular weight excluding hydrogens is 431 g/mol. The summed E-state index contributed by atoms with van der Waals surface area (Å²) in [5, 5.41) is 10.1. The van der Waals surface area contributed by atoms with Crippen molar-refractivity contribution in [1.82, 2.24) is 20.0 Å². The standard InChI is InChI=1S/C24H24N4O2S.Na/c29-23-24(30)28(20-12-11-19(15-20)17-7-3-1-4-8-17)14-13-27(23)16-21-25-26-22(31-21)18-9-5-2-6-10-18;/h1-10,19-20H,11-16H2;/t19?,20-;/m0./s1. The van der Waals surface area contributed by atoms with Gasteiger partial charge in [0.1, 0.15) is 10.0 Å². The first-order valence-electron chi connectivity index (χ1n) is 10.7. The predicted molar refractivity (Wildman–Crippen MR) is 125 cm³/mol. The molecule has 1 aromatic heterocycles. The monoisotopic (exact) mass is 455 g/mol. The van der Waals surface area contributed by atoms with E-state index in [0.717, 1.165) is 34.8 Å². The summed E-state index contributed by atoms with van der Waals surface area (Å²) in [5.41, 5.74) is 2.33. The Morgan fingerprint density at radius 2 is 1.59 bits per heavy atom. The molecule has 6 nitrogen and oxygen atoms in total. The van der Waals surface area contributed by atoms with Crippen LogP contribution in [-0.4, -0.2) is 80.5 Å². The molecule has 2 aromatic carbocycles. The van der Waals surface area contributed by atoms with Crippen molar-refractivity contribution in [3.05, 3.63) is 71.2 Å². The first-order chi connectivity index (χ1) is 15.2. The van der Waals surface area contributed by atoms with E-state index in [2.05, 4.69) is 34.5 Å². The van der Waals surface area contributed by atoms with E-state index in [9.17, 15) is 9.59 Å². The molecule has 159 valence electrons. The molecule has 1 unspecified atom stereocenters. The third kappa shape index (κ3) is 4.81. The zero-order valence-electron chi connectivity index (χ0n) is 18.2. The molecule has 0 bridgehead atoms. The number of nitrogens with zero attached hydrogens (tertiary/aromatic N) is 4. The van der Waals surface area contributed by atoms with Crippen LogP contribution in [0.1, 0.15) is 35.8 Å². The van der Waals surface area contributed by atoms with Crippen LogP contribution in [0.5, 0.6) is 0 Å². The largest absolute Gasteiger partial charge is 0.330 e. The average molecular weight is 456 g/mol. The number of hydrogen-bond acceptors (Lipinski definition) is 5. The SMILES string of the molecule is O=C1C(=O)N([C@H]2CCC(c3ccccc3)C2)CCN1Cc1nnc(-c2ccccc2)s1.[Na]. The normalized spacial score (nSPS) is 21.0. The molecule has 1 aliphatic carbocycles. The molecule has 2 fully saturated rings. The van der Waals surface area contributed by atoms with E-state index in [4.69, 9.17) is 0 Å². The Morgan fingerprint density at radius 3 is 2.34 bits per heavy atom. The molecule has 3 aromatic rings. The Balaban J connectivity index is 0.00000245. The summed E-state index contributed by atoms with van der Waals surface area (Å²) in [4.78, 5) is 29.1. The third-order valence-corrected chi connectivity index (χ3v) is 7.23. The Labute approximate surface area is 213 Å². The maximum absolute atomic E-state index is 12.9. The predicted octanol–water partition coefficient (Wildman–Crippen LogP) is 3.33. The maximum atomic E-state index is 12.9. The van der Waals surface area contributed by atoms with Gasteiger partial charge in [-0.15, -0.1) is 10.2 Å². The molecule has 1 aliphatic heterocycles. The summed E-state index contributed by atoms with van der Waals surface area (Å²) >= 11 is 1.47. The van der Waals surface area contributed by atoms with Crippen molar-refractivity contribution in [3.63, 3.8) is 0 Å². The second-order valence-electron chi connectivity index (χ2n) is 8.17. The minimum Gasteiger partial charge on any atom is -0.330 e. The molecule has 1 radical (unpaired) electrons. The van der Waals surface area contributed by atoms with Gasteiger partial charge in [0.15, 0.2) is 0 Å². The number of carbonyl (C=O) groups excluding carboxylic acids is 2. The molecule has 5 rings (SSSR count). The average Bonchev–Trinajstić information content (AvgIpc) is 3.49. The fraction of sp³-hybridized carbons (Fsp3) is 0.333. The van der Waals surface area contributed by atoms with E-state index in [1.807, 2.05) is 36.4 Å². The van der Waals surface area contributed by atoms with E-state index in [-0.39, 0.29) is 41.5 Å². The van der Waals surface area contributed by atoms with E-state index in [1.54, 1.807) is 9.80 Å². The number of benzene rings is 2. The van der Waals surface area contributed by atoms with E-state index in [0.29, 0.717) is 25.6 Å². The molecule has 2 atom stereocenters. The second kappa shape index (κ2) is 10.3. The van der Waals surface area contributed by atoms with Crippen LogP contribution in [0, 0.1) is 0 Å². The maximum Gasteiger partial charge on any atom is 0.312 e. The molecule has 0 N–H and O–H groups in total. The van der Waals surface area contributed by atoms with Gasteiger partial charge >= 0.3 is 11.8 Å². The van der Waals surface area contributed by atoms with Gasteiger partial charge in [0.05, 0.1) is 6.54 Å². The number of rotatable bonds is 5. The molecule has 2 amide bonds. The van der Waals surface area contributed by atoms with Crippen molar-refractivity contribution in [3.8, 4) is 10.6 Å². The van der Waals surface area contributed by atoms with Crippen molar-refractivity contribution < 1.29 is 9.59 Å². The van der Waals surface area contributed by atoms with Crippen molar-refractivity contribution in [2.45, 2.75) is 37.8 Å². The van der Waals surface area contributed by atoms with E-state index >= 15 is 0 Å². The molecule has 1 saturated heterocycles. The van der Waals surface area contributed by atoms with Gasteiger partial charge in [0, 0.05) is 54.3 Å². The van der Waals surface area contributed by atoms with Gasteiger partial charge in [0.25, 0.3) is 0 Å². The molecule has 32 heavy (non-hydrogen) atoms. The quantitative estimate of drug-likeness (QED) is 0.437. The topological polar surface area (TPSA) is 66.4 Å². The van der Waals surface area contributed by atoms with E-state index in [1.165, 1.54) is 16.9 Å². The number of aromatic nitrogens is 2. The number of piperazine rings is 1. The van der Waals surface area contributed by atoms with Crippen LogP contribution in [0.4, 0.5) is 0 Å². The summed E-state index contributed by atoms with van der Waals surface area (Å²) < 4.78 is 0. The van der Waals surface area contributed by atoms with Crippen LogP contribution in [0.3, 0.4) is 0 Å². The van der Waals surface area contributed by atoms with Gasteiger partial charge in [-0.05, 0) is 30.7 Å². The van der Waals surface area contributed by atoms with E-state index < -0.39 is 5.91 Å². The summed E-state index contributed by atoms with van der Waals surface area (Å²) in [6.45, 7) is 1.46. The Hall–Kier alpha value is -2.06. The van der Waals surface area contributed by atoms with Crippen molar-refractivity contribution >= 4 is 52.7 Å². The minimum atomic E-state index is -0.425. The molecule has 2 heterocycles. The van der Waals surface area contributed by atoms with Crippen LogP contribution in [0.25, 0.3) is 10.6 Å². The summed E-state index contributed by atoms with van der Waals surface area (Å²) in [6.07, 6.45) is 2.94. The number of amides is 2.